The fourth-order valence-electron chi connectivity index (χ4n) is 1.61. The minimum atomic E-state index is -0.109. The predicted molar refractivity (Wildman–Crippen MR) is 81.5 cm³/mol. The molecule has 1 amide bonds. The molecule has 0 aliphatic carbocycles. The first-order chi connectivity index (χ1) is 8.66. The van der Waals surface area contributed by atoms with Crippen LogP contribution in [0.4, 0.5) is 0 Å². The van der Waals surface area contributed by atoms with Gasteiger partial charge < -0.3 is 5.32 Å². The van der Waals surface area contributed by atoms with Gasteiger partial charge in [-0.25, -0.2) is 0 Å². The van der Waals surface area contributed by atoms with Crippen molar-refractivity contribution in [2.45, 2.75) is 13.5 Å². The van der Waals surface area contributed by atoms with Crippen molar-refractivity contribution in [3.8, 4) is 0 Å². The molecule has 0 saturated carbocycles. The Morgan fingerprint density at radius 2 is 2.16 bits per heavy atom. The Bertz CT molecular complexity index is 561. The van der Waals surface area contributed by atoms with Crippen LogP contribution in [0.15, 0.2) is 47.2 Å². The molecule has 1 heterocycles. The highest BCUT2D eigenvalue weighted by Crippen LogP contribution is 2.15. The maximum Gasteiger partial charge on any atom is 0.253 e. The van der Waals surface area contributed by atoms with Gasteiger partial charge in [-0.05, 0) is 42.3 Å². The summed E-state index contributed by atoms with van der Waals surface area (Å²) in [5.41, 5.74) is 2.83. The Balaban J connectivity index is 0.00000180. The fraction of sp³-hybridized carbons (Fsp3) is 0.143. The van der Waals surface area contributed by atoms with Crippen molar-refractivity contribution < 1.29 is 4.79 Å². The number of hydrogen-bond donors (Lipinski definition) is 1. The third-order valence-electron chi connectivity index (χ3n) is 2.67. The van der Waals surface area contributed by atoms with Crippen LogP contribution in [-0.2, 0) is 6.54 Å². The number of pyridine rings is 1. The standard InChI is InChI=1S/C14H13BrN2O.ClH/c1-10-4-5-13(15)7-12(10)9-17-14(18)11-3-2-6-16-8-11;/h2-8H,9H2,1H3,(H,17,18);1H. The summed E-state index contributed by atoms with van der Waals surface area (Å²) < 4.78 is 1.01. The minimum Gasteiger partial charge on any atom is -0.348 e. The second-order valence-electron chi connectivity index (χ2n) is 4.00. The Morgan fingerprint density at radius 3 is 2.84 bits per heavy atom. The maximum atomic E-state index is 11.9. The number of benzene rings is 1. The van der Waals surface area contributed by atoms with E-state index in [9.17, 15) is 4.79 Å². The third kappa shape index (κ3) is 4.33. The average molecular weight is 342 g/mol. The average Bonchev–Trinajstić information content (AvgIpc) is 2.40. The lowest BCUT2D eigenvalue weighted by molar-refractivity contribution is 0.0950. The van der Waals surface area contributed by atoms with Crippen molar-refractivity contribution >= 4 is 34.2 Å². The van der Waals surface area contributed by atoms with Gasteiger partial charge in [-0.3, -0.25) is 9.78 Å². The molecule has 0 spiro atoms. The lowest BCUT2D eigenvalue weighted by Gasteiger charge is -2.08. The highest BCUT2D eigenvalue weighted by molar-refractivity contribution is 9.10. The number of hydrogen-bond acceptors (Lipinski definition) is 2. The van der Waals surface area contributed by atoms with E-state index in [1.54, 1.807) is 24.5 Å². The van der Waals surface area contributed by atoms with Gasteiger partial charge in [-0.1, -0.05) is 22.0 Å². The summed E-state index contributed by atoms with van der Waals surface area (Å²) in [6, 6.07) is 9.52. The van der Waals surface area contributed by atoms with Crippen molar-refractivity contribution in [3.63, 3.8) is 0 Å². The number of aryl methyl sites for hydroxylation is 1. The summed E-state index contributed by atoms with van der Waals surface area (Å²) in [5, 5.41) is 2.88. The van der Waals surface area contributed by atoms with E-state index in [1.807, 2.05) is 25.1 Å². The number of rotatable bonds is 3. The molecule has 5 heteroatoms. The molecule has 0 unspecified atom stereocenters. The molecule has 0 fully saturated rings. The minimum absolute atomic E-state index is 0. The Hall–Kier alpha value is -1.39. The van der Waals surface area contributed by atoms with E-state index < -0.39 is 0 Å². The molecular formula is C14H14BrClN2O. The van der Waals surface area contributed by atoms with E-state index in [-0.39, 0.29) is 18.3 Å². The number of carbonyl (C=O) groups excluding carboxylic acids is 1. The van der Waals surface area contributed by atoms with Crippen LogP contribution in [0.5, 0.6) is 0 Å². The molecule has 0 aliphatic rings. The van der Waals surface area contributed by atoms with Gasteiger partial charge in [-0.2, -0.15) is 0 Å². The van der Waals surface area contributed by atoms with Crippen molar-refractivity contribution in [1.82, 2.24) is 10.3 Å². The summed E-state index contributed by atoms with van der Waals surface area (Å²) >= 11 is 3.43. The van der Waals surface area contributed by atoms with Gasteiger partial charge >= 0.3 is 0 Å². The summed E-state index contributed by atoms with van der Waals surface area (Å²) in [6.45, 7) is 2.54. The first kappa shape index (κ1) is 15.7. The van der Waals surface area contributed by atoms with Gasteiger partial charge in [0, 0.05) is 23.4 Å². The second-order valence-corrected chi connectivity index (χ2v) is 4.91. The van der Waals surface area contributed by atoms with Crippen LogP contribution < -0.4 is 5.32 Å². The van der Waals surface area contributed by atoms with E-state index in [0.717, 1.165) is 15.6 Å². The quantitative estimate of drug-likeness (QED) is 0.928. The molecule has 0 saturated heterocycles. The lowest BCUT2D eigenvalue weighted by Crippen LogP contribution is -2.23. The van der Waals surface area contributed by atoms with Crippen LogP contribution >= 0.6 is 28.3 Å². The largest absolute Gasteiger partial charge is 0.348 e. The van der Waals surface area contributed by atoms with Gasteiger partial charge in [0.05, 0.1) is 5.56 Å². The van der Waals surface area contributed by atoms with Crippen molar-refractivity contribution in [2.75, 3.05) is 0 Å². The highest BCUT2D eigenvalue weighted by atomic mass is 79.9. The number of nitrogens with zero attached hydrogens (tertiary/aromatic N) is 1. The molecule has 1 N–H and O–H groups in total. The first-order valence-electron chi connectivity index (χ1n) is 5.60. The molecule has 0 atom stereocenters. The van der Waals surface area contributed by atoms with Gasteiger partial charge in [0.2, 0.25) is 0 Å². The Morgan fingerprint density at radius 1 is 1.37 bits per heavy atom. The maximum absolute atomic E-state index is 11.9. The van der Waals surface area contributed by atoms with Gasteiger partial charge in [0.15, 0.2) is 0 Å². The fourth-order valence-corrected chi connectivity index (χ4v) is 2.01. The summed E-state index contributed by atoms with van der Waals surface area (Å²) in [5.74, 6) is -0.109. The SMILES string of the molecule is Cc1ccc(Br)cc1CNC(=O)c1cccnc1.Cl. The molecule has 0 radical (unpaired) electrons. The normalized spacial score (nSPS) is 9.58. The molecule has 2 rings (SSSR count). The Kier molecular flexibility index (Phi) is 5.99. The van der Waals surface area contributed by atoms with Crippen molar-refractivity contribution in [1.29, 1.82) is 0 Å². The predicted octanol–water partition coefficient (Wildman–Crippen LogP) is 3.50. The smallest absolute Gasteiger partial charge is 0.253 e. The third-order valence-corrected chi connectivity index (χ3v) is 3.17. The van der Waals surface area contributed by atoms with Crippen LogP contribution in [-0.4, -0.2) is 10.9 Å². The topological polar surface area (TPSA) is 42.0 Å². The zero-order valence-electron chi connectivity index (χ0n) is 10.4. The van der Waals surface area contributed by atoms with Crippen molar-refractivity contribution in [3.05, 3.63) is 63.9 Å². The Labute approximate surface area is 127 Å². The highest BCUT2D eigenvalue weighted by Gasteiger charge is 2.06. The van der Waals surface area contributed by atoms with Crippen LogP contribution in [0.1, 0.15) is 21.5 Å². The summed E-state index contributed by atoms with van der Waals surface area (Å²) in [4.78, 5) is 15.8. The van der Waals surface area contributed by atoms with E-state index >= 15 is 0 Å². The van der Waals surface area contributed by atoms with E-state index in [4.69, 9.17) is 0 Å². The van der Waals surface area contributed by atoms with E-state index in [1.165, 1.54) is 0 Å². The van der Waals surface area contributed by atoms with Gasteiger partial charge in [0.25, 0.3) is 5.91 Å². The monoisotopic (exact) mass is 340 g/mol. The molecule has 0 aliphatic heterocycles. The van der Waals surface area contributed by atoms with Crippen LogP contribution in [0, 0.1) is 6.92 Å². The summed E-state index contributed by atoms with van der Waals surface area (Å²) in [7, 11) is 0. The van der Waals surface area contributed by atoms with E-state index in [2.05, 4.69) is 26.2 Å². The number of carbonyl (C=O) groups is 1. The zero-order valence-corrected chi connectivity index (χ0v) is 12.8. The van der Waals surface area contributed by atoms with Crippen LogP contribution in [0.3, 0.4) is 0 Å². The number of halogens is 2. The molecular weight excluding hydrogens is 328 g/mol. The second kappa shape index (κ2) is 7.26. The lowest BCUT2D eigenvalue weighted by atomic mass is 10.1. The molecule has 2 aromatic rings. The molecule has 3 nitrogen and oxygen atoms in total. The first-order valence-corrected chi connectivity index (χ1v) is 6.39. The van der Waals surface area contributed by atoms with Gasteiger partial charge in [-0.15, -0.1) is 12.4 Å². The van der Waals surface area contributed by atoms with E-state index in [0.29, 0.717) is 12.1 Å². The number of nitrogens with one attached hydrogen (secondary N) is 1. The van der Waals surface area contributed by atoms with Gasteiger partial charge in [0.1, 0.15) is 0 Å². The number of aromatic nitrogens is 1. The molecule has 19 heavy (non-hydrogen) atoms. The van der Waals surface area contributed by atoms with Crippen LogP contribution in [0.2, 0.25) is 0 Å². The molecule has 100 valence electrons. The van der Waals surface area contributed by atoms with Crippen LogP contribution in [0.25, 0.3) is 0 Å². The summed E-state index contributed by atoms with van der Waals surface area (Å²) in [6.07, 6.45) is 3.21. The molecule has 0 bridgehead atoms. The number of amides is 1. The molecule has 1 aromatic heterocycles. The zero-order chi connectivity index (χ0) is 13.0. The molecule has 1 aromatic carbocycles. The van der Waals surface area contributed by atoms with Crippen molar-refractivity contribution in [2.24, 2.45) is 0 Å².